The minimum absolute atomic E-state index is 0.105. The zero-order valence-corrected chi connectivity index (χ0v) is 12.9. The van der Waals surface area contributed by atoms with Gasteiger partial charge in [-0.3, -0.25) is 0 Å². The maximum atomic E-state index is 6.01. The van der Waals surface area contributed by atoms with Crippen LogP contribution >= 0.6 is 0 Å². The van der Waals surface area contributed by atoms with Gasteiger partial charge >= 0.3 is 0 Å². The van der Waals surface area contributed by atoms with Crippen LogP contribution in [0.5, 0.6) is 11.5 Å². The molecule has 0 saturated carbocycles. The predicted molar refractivity (Wildman–Crippen MR) is 81.6 cm³/mol. The summed E-state index contributed by atoms with van der Waals surface area (Å²) in [6, 6.07) is 5.98. The third kappa shape index (κ3) is 5.80. The van der Waals surface area contributed by atoms with Crippen LogP contribution in [-0.2, 0) is 11.2 Å². The molecular formula is C16H27NO3. The average Bonchev–Trinajstić information content (AvgIpc) is 2.45. The number of methoxy groups -OCH3 is 1. The third-order valence-electron chi connectivity index (χ3n) is 2.98. The van der Waals surface area contributed by atoms with Gasteiger partial charge in [-0.25, -0.2) is 0 Å². The van der Waals surface area contributed by atoms with Crippen LogP contribution in [-0.4, -0.2) is 33.0 Å². The van der Waals surface area contributed by atoms with E-state index >= 15 is 0 Å². The van der Waals surface area contributed by atoms with Crippen molar-refractivity contribution in [1.29, 1.82) is 0 Å². The van der Waals surface area contributed by atoms with Gasteiger partial charge in [-0.15, -0.1) is 0 Å². The second kappa shape index (κ2) is 9.61. The SMILES string of the molecule is CCCOc1ccc(CCN)c(OC(C)CCOC)c1. The molecule has 0 radical (unpaired) electrons. The van der Waals surface area contributed by atoms with Crippen molar-refractivity contribution in [3.05, 3.63) is 23.8 Å². The van der Waals surface area contributed by atoms with Crippen LogP contribution in [0.15, 0.2) is 18.2 Å². The number of nitrogens with two attached hydrogens (primary N) is 1. The molecule has 1 aromatic rings. The molecular weight excluding hydrogens is 254 g/mol. The molecule has 0 aliphatic heterocycles. The lowest BCUT2D eigenvalue weighted by atomic mass is 10.1. The second-order valence-corrected chi connectivity index (χ2v) is 4.87. The fourth-order valence-electron chi connectivity index (χ4n) is 1.88. The van der Waals surface area contributed by atoms with Crippen LogP contribution in [0.25, 0.3) is 0 Å². The van der Waals surface area contributed by atoms with Crippen LogP contribution in [0, 0.1) is 0 Å². The van der Waals surface area contributed by atoms with E-state index in [-0.39, 0.29) is 6.10 Å². The van der Waals surface area contributed by atoms with Crippen molar-refractivity contribution < 1.29 is 14.2 Å². The van der Waals surface area contributed by atoms with Crippen molar-refractivity contribution in [3.63, 3.8) is 0 Å². The molecule has 114 valence electrons. The Hall–Kier alpha value is -1.26. The molecule has 0 spiro atoms. The summed E-state index contributed by atoms with van der Waals surface area (Å²) in [6.45, 7) is 6.16. The molecule has 1 aromatic carbocycles. The lowest BCUT2D eigenvalue weighted by Gasteiger charge is -2.18. The standard InChI is InChI=1S/C16H27NO3/c1-4-10-19-15-6-5-14(7-9-17)16(12-15)20-13(2)8-11-18-3/h5-6,12-13H,4,7-11,17H2,1-3H3. The minimum Gasteiger partial charge on any atom is -0.493 e. The molecule has 1 rings (SSSR count). The first-order valence-electron chi connectivity index (χ1n) is 7.32. The van der Waals surface area contributed by atoms with Gasteiger partial charge in [0.05, 0.1) is 12.7 Å². The van der Waals surface area contributed by atoms with Gasteiger partial charge in [0.25, 0.3) is 0 Å². The summed E-state index contributed by atoms with van der Waals surface area (Å²) in [5.41, 5.74) is 6.78. The Morgan fingerprint density at radius 2 is 2.05 bits per heavy atom. The summed E-state index contributed by atoms with van der Waals surface area (Å²) in [6.07, 6.45) is 2.76. The van der Waals surface area contributed by atoms with Gasteiger partial charge in [-0.05, 0) is 37.9 Å². The highest BCUT2D eigenvalue weighted by atomic mass is 16.5. The van der Waals surface area contributed by atoms with Crippen LogP contribution < -0.4 is 15.2 Å². The van der Waals surface area contributed by atoms with Crippen molar-refractivity contribution in [2.24, 2.45) is 5.73 Å². The van der Waals surface area contributed by atoms with Crippen LogP contribution in [0.1, 0.15) is 32.3 Å². The Labute approximate surface area is 122 Å². The molecule has 0 heterocycles. The number of hydrogen-bond donors (Lipinski definition) is 1. The zero-order chi connectivity index (χ0) is 14.8. The van der Waals surface area contributed by atoms with E-state index in [4.69, 9.17) is 19.9 Å². The van der Waals surface area contributed by atoms with Crippen molar-refractivity contribution in [2.45, 2.75) is 39.2 Å². The maximum Gasteiger partial charge on any atom is 0.126 e. The molecule has 0 aliphatic rings. The Balaban J connectivity index is 2.76. The van der Waals surface area contributed by atoms with E-state index in [0.717, 1.165) is 42.9 Å². The number of rotatable bonds is 10. The molecule has 0 bridgehead atoms. The third-order valence-corrected chi connectivity index (χ3v) is 2.98. The Morgan fingerprint density at radius 3 is 2.70 bits per heavy atom. The zero-order valence-electron chi connectivity index (χ0n) is 12.9. The van der Waals surface area contributed by atoms with Crippen LogP contribution in [0.4, 0.5) is 0 Å². The van der Waals surface area contributed by atoms with Crippen LogP contribution in [0.2, 0.25) is 0 Å². The summed E-state index contributed by atoms with van der Waals surface area (Å²) in [5.74, 6) is 1.72. The van der Waals surface area contributed by atoms with E-state index in [9.17, 15) is 0 Å². The molecule has 0 fully saturated rings. The highest BCUT2D eigenvalue weighted by Gasteiger charge is 2.10. The molecule has 0 saturated heterocycles. The van der Waals surface area contributed by atoms with E-state index in [1.165, 1.54) is 0 Å². The van der Waals surface area contributed by atoms with E-state index in [0.29, 0.717) is 13.2 Å². The van der Waals surface area contributed by atoms with Gasteiger partial charge in [0.2, 0.25) is 0 Å². The first kappa shape index (κ1) is 16.8. The molecule has 1 unspecified atom stereocenters. The van der Waals surface area contributed by atoms with Gasteiger partial charge in [0.1, 0.15) is 11.5 Å². The summed E-state index contributed by atoms with van der Waals surface area (Å²) < 4.78 is 16.7. The molecule has 0 amide bonds. The lowest BCUT2D eigenvalue weighted by molar-refractivity contribution is 0.134. The number of ether oxygens (including phenoxy) is 3. The Morgan fingerprint density at radius 1 is 1.25 bits per heavy atom. The van der Waals surface area contributed by atoms with Gasteiger partial charge in [-0.2, -0.15) is 0 Å². The van der Waals surface area contributed by atoms with Crippen molar-refractivity contribution in [3.8, 4) is 11.5 Å². The second-order valence-electron chi connectivity index (χ2n) is 4.87. The quantitative estimate of drug-likeness (QED) is 0.716. The topological polar surface area (TPSA) is 53.7 Å². The summed E-state index contributed by atoms with van der Waals surface area (Å²) in [7, 11) is 1.70. The largest absolute Gasteiger partial charge is 0.493 e. The molecule has 20 heavy (non-hydrogen) atoms. The molecule has 1 atom stereocenters. The van der Waals surface area contributed by atoms with E-state index in [1.54, 1.807) is 7.11 Å². The minimum atomic E-state index is 0.105. The number of benzene rings is 1. The molecule has 0 aliphatic carbocycles. The molecule has 0 aromatic heterocycles. The van der Waals surface area contributed by atoms with Gasteiger partial charge in [0, 0.05) is 26.2 Å². The lowest BCUT2D eigenvalue weighted by Crippen LogP contribution is -2.16. The molecule has 4 nitrogen and oxygen atoms in total. The molecule has 2 N–H and O–H groups in total. The predicted octanol–water partition coefficient (Wildman–Crippen LogP) is 2.78. The van der Waals surface area contributed by atoms with Gasteiger partial charge in [0.15, 0.2) is 0 Å². The van der Waals surface area contributed by atoms with E-state index in [1.807, 2.05) is 25.1 Å². The van der Waals surface area contributed by atoms with Crippen molar-refractivity contribution in [1.82, 2.24) is 0 Å². The fraction of sp³-hybridized carbons (Fsp3) is 0.625. The van der Waals surface area contributed by atoms with Crippen molar-refractivity contribution in [2.75, 3.05) is 26.9 Å². The maximum absolute atomic E-state index is 6.01. The average molecular weight is 281 g/mol. The highest BCUT2D eigenvalue weighted by Crippen LogP contribution is 2.27. The Kier molecular flexibility index (Phi) is 8.07. The first-order valence-corrected chi connectivity index (χ1v) is 7.32. The highest BCUT2D eigenvalue weighted by molar-refractivity contribution is 5.41. The monoisotopic (exact) mass is 281 g/mol. The fourth-order valence-corrected chi connectivity index (χ4v) is 1.88. The van der Waals surface area contributed by atoms with Gasteiger partial charge in [-0.1, -0.05) is 13.0 Å². The van der Waals surface area contributed by atoms with Crippen molar-refractivity contribution >= 4 is 0 Å². The smallest absolute Gasteiger partial charge is 0.126 e. The van der Waals surface area contributed by atoms with Gasteiger partial charge < -0.3 is 19.9 Å². The van der Waals surface area contributed by atoms with E-state index in [2.05, 4.69) is 6.92 Å². The first-order chi connectivity index (χ1) is 9.71. The molecule has 4 heteroatoms. The summed E-state index contributed by atoms with van der Waals surface area (Å²) in [5, 5.41) is 0. The number of hydrogen-bond acceptors (Lipinski definition) is 4. The normalized spacial score (nSPS) is 12.2. The summed E-state index contributed by atoms with van der Waals surface area (Å²) in [4.78, 5) is 0. The summed E-state index contributed by atoms with van der Waals surface area (Å²) >= 11 is 0. The van der Waals surface area contributed by atoms with Crippen LogP contribution in [0.3, 0.4) is 0 Å². The Bertz CT molecular complexity index is 382. The van der Waals surface area contributed by atoms with E-state index < -0.39 is 0 Å².